The molecule has 88 valence electrons. The largest absolute Gasteiger partial charge is 0.369 e. The predicted molar refractivity (Wildman–Crippen MR) is 57.6 cm³/mol. The van der Waals surface area contributed by atoms with Crippen LogP contribution < -0.4 is 5.73 Å². The van der Waals surface area contributed by atoms with Crippen molar-refractivity contribution >= 4 is 11.8 Å². The molecule has 1 saturated carbocycles. The SMILES string of the molecule is CC1CC[C@@H](C(=O)N(C)C#N)[C@@H](C(N)=O)C1. The molecule has 1 unspecified atom stereocenters. The highest BCUT2D eigenvalue weighted by Gasteiger charge is 2.38. The van der Waals surface area contributed by atoms with Gasteiger partial charge in [0.15, 0.2) is 6.19 Å². The highest BCUT2D eigenvalue weighted by atomic mass is 16.2. The van der Waals surface area contributed by atoms with Crippen LogP contribution in [-0.2, 0) is 9.59 Å². The molecule has 0 radical (unpaired) electrons. The molecule has 3 atom stereocenters. The average molecular weight is 223 g/mol. The van der Waals surface area contributed by atoms with Gasteiger partial charge in [0.1, 0.15) is 0 Å². The molecule has 5 heteroatoms. The maximum Gasteiger partial charge on any atom is 0.239 e. The number of amides is 2. The molecule has 0 saturated heterocycles. The van der Waals surface area contributed by atoms with E-state index in [-0.39, 0.29) is 5.91 Å². The van der Waals surface area contributed by atoms with E-state index in [1.165, 1.54) is 7.05 Å². The lowest BCUT2D eigenvalue weighted by molar-refractivity contribution is -0.140. The van der Waals surface area contributed by atoms with Crippen LogP contribution in [0.5, 0.6) is 0 Å². The van der Waals surface area contributed by atoms with E-state index in [1.807, 2.05) is 6.92 Å². The summed E-state index contributed by atoms with van der Waals surface area (Å²) in [6, 6.07) is 0. The summed E-state index contributed by atoms with van der Waals surface area (Å²) in [7, 11) is 1.42. The van der Waals surface area contributed by atoms with Gasteiger partial charge in [0, 0.05) is 13.0 Å². The lowest BCUT2D eigenvalue weighted by Crippen LogP contribution is -2.42. The normalized spacial score (nSPS) is 29.2. The Morgan fingerprint density at radius 3 is 2.50 bits per heavy atom. The van der Waals surface area contributed by atoms with Crippen molar-refractivity contribution in [2.24, 2.45) is 23.5 Å². The lowest BCUT2D eigenvalue weighted by atomic mass is 9.73. The topological polar surface area (TPSA) is 87.2 Å². The highest BCUT2D eigenvalue weighted by molar-refractivity contribution is 5.87. The Balaban J connectivity index is 2.81. The molecule has 2 amide bonds. The smallest absolute Gasteiger partial charge is 0.239 e. The molecule has 0 aliphatic heterocycles. The molecule has 0 spiro atoms. The Kier molecular flexibility index (Phi) is 3.88. The van der Waals surface area contributed by atoms with Crippen LogP contribution in [0.25, 0.3) is 0 Å². The maximum absolute atomic E-state index is 11.8. The van der Waals surface area contributed by atoms with E-state index in [2.05, 4.69) is 0 Å². The molecule has 2 N–H and O–H groups in total. The van der Waals surface area contributed by atoms with Gasteiger partial charge in [-0.3, -0.25) is 14.5 Å². The zero-order valence-corrected chi connectivity index (χ0v) is 9.64. The first kappa shape index (κ1) is 12.5. The van der Waals surface area contributed by atoms with Crippen LogP contribution in [0.4, 0.5) is 0 Å². The number of carbonyl (C=O) groups is 2. The minimum absolute atomic E-state index is 0.293. The summed E-state index contributed by atoms with van der Waals surface area (Å²) in [6.07, 6.45) is 3.95. The fourth-order valence-corrected chi connectivity index (χ4v) is 2.29. The van der Waals surface area contributed by atoms with Crippen molar-refractivity contribution in [2.75, 3.05) is 7.05 Å². The molecular weight excluding hydrogens is 206 g/mol. The molecule has 1 aliphatic carbocycles. The zero-order chi connectivity index (χ0) is 12.3. The van der Waals surface area contributed by atoms with Gasteiger partial charge >= 0.3 is 0 Å². The summed E-state index contributed by atoms with van der Waals surface area (Å²) in [4.78, 5) is 24.1. The summed E-state index contributed by atoms with van der Waals surface area (Å²) in [6.45, 7) is 2.05. The van der Waals surface area contributed by atoms with Crippen LogP contribution in [-0.4, -0.2) is 23.8 Å². The summed E-state index contributed by atoms with van der Waals surface area (Å²) in [5.41, 5.74) is 5.31. The summed E-state index contributed by atoms with van der Waals surface area (Å²) in [5, 5.41) is 8.65. The highest BCUT2D eigenvalue weighted by Crippen LogP contribution is 2.34. The van der Waals surface area contributed by atoms with Crippen molar-refractivity contribution in [2.45, 2.75) is 26.2 Å². The minimum Gasteiger partial charge on any atom is -0.369 e. The Morgan fingerprint density at radius 1 is 1.38 bits per heavy atom. The van der Waals surface area contributed by atoms with E-state index in [4.69, 9.17) is 11.0 Å². The fraction of sp³-hybridized carbons (Fsp3) is 0.727. The summed E-state index contributed by atoms with van der Waals surface area (Å²) >= 11 is 0. The van der Waals surface area contributed by atoms with E-state index < -0.39 is 17.7 Å². The van der Waals surface area contributed by atoms with Gasteiger partial charge in [0.25, 0.3) is 0 Å². The van der Waals surface area contributed by atoms with Crippen molar-refractivity contribution < 1.29 is 9.59 Å². The minimum atomic E-state index is -0.434. The van der Waals surface area contributed by atoms with Crippen molar-refractivity contribution in [3.63, 3.8) is 0 Å². The Hall–Kier alpha value is -1.57. The third-order valence-corrected chi connectivity index (χ3v) is 3.28. The van der Waals surface area contributed by atoms with Crippen LogP contribution in [0, 0.1) is 29.2 Å². The third-order valence-electron chi connectivity index (χ3n) is 3.28. The maximum atomic E-state index is 11.8. The second kappa shape index (κ2) is 4.97. The van der Waals surface area contributed by atoms with E-state index >= 15 is 0 Å². The molecule has 0 aromatic heterocycles. The molecular formula is C11H17N3O2. The first-order valence-electron chi connectivity index (χ1n) is 5.44. The number of hydrogen-bond acceptors (Lipinski definition) is 3. The van der Waals surface area contributed by atoms with Gasteiger partial charge in [-0.15, -0.1) is 0 Å². The molecule has 1 fully saturated rings. The van der Waals surface area contributed by atoms with Gasteiger partial charge in [0.05, 0.1) is 5.92 Å². The lowest BCUT2D eigenvalue weighted by Gasteiger charge is -2.32. The van der Waals surface area contributed by atoms with Crippen LogP contribution in [0.3, 0.4) is 0 Å². The van der Waals surface area contributed by atoms with Crippen LogP contribution in [0.15, 0.2) is 0 Å². The van der Waals surface area contributed by atoms with Crippen LogP contribution >= 0.6 is 0 Å². The van der Waals surface area contributed by atoms with E-state index in [0.29, 0.717) is 18.8 Å². The van der Waals surface area contributed by atoms with Crippen LogP contribution in [0.2, 0.25) is 0 Å². The van der Waals surface area contributed by atoms with Gasteiger partial charge in [-0.1, -0.05) is 6.92 Å². The van der Waals surface area contributed by atoms with E-state index in [1.54, 1.807) is 6.19 Å². The second-order valence-corrected chi connectivity index (χ2v) is 4.53. The van der Waals surface area contributed by atoms with Gasteiger partial charge in [-0.05, 0) is 25.2 Å². The Labute approximate surface area is 95.2 Å². The fourth-order valence-electron chi connectivity index (χ4n) is 2.29. The van der Waals surface area contributed by atoms with Crippen molar-refractivity contribution in [1.82, 2.24) is 4.90 Å². The molecule has 1 rings (SSSR count). The number of primary amides is 1. The summed E-state index contributed by atoms with van der Waals surface area (Å²) in [5.74, 6) is -1.16. The first-order chi connectivity index (χ1) is 7.47. The monoisotopic (exact) mass is 223 g/mol. The molecule has 16 heavy (non-hydrogen) atoms. The van der Waals surface area contributed by atoms with Gasteiger partial charge in [-0.2, -0.15) is 5.26 Å². The molecule has 0 bridgehead atoms. The van der Waals surface area contributed by atoms with Gasteiger partial charge in [-0.25, -0.2) is 0 Å². The van der Waals surface area contributed by atoms with Gasteiger partial charge in [0.2, 0.25) is 11.8 Å². The molecule has 5 nitrogen and oxygen atoms in total. The third kappa shape index (κ3) is 2.51. The standard InChI is InChI=1S/C11H17N3O2/c1-7-3-4-8(9(5-7)10(13)15)11(16)14(2)6-12/h7-9H,3-5H2,1-2H3,(H2,13,15)/t7?,8-,9+/m1/s1. The summed E-state index contributed by atoms with van der Waals surface area (Å²) < 4.78 is 0. The van der Waals surface area contributed by atoms with Gasteiger partial charge < -0.3 is 5.73 Å². The molecule has 0 heterocycles. The van der Waals surface area contributed by atoms with E-state index in [9.17, 15) is 9.59 Å². The van der Waals surface area contributed by atoms with Crippen molar-refractivity contribution in [1.29, 1.82) is 5.26 Å². The second-order valence-electron chi connectivity index (χ2n) is 4.53. The van der Waals surface area contributed by atoms with Crippen molar-refractivity contribution in [3.8, 4) is 6.19 Å². The number of nitrogens with two attached hydrogens (primary N) is 1. The Bertz CT molecular complexity index is 335. The zero-order valence-electron chi connectivity index (χ0n) is 9.64. The Morgan fingerprint density at radius 2 is 2.00 bits per heavy atom. The number of rotatable bonds is 2. The van der Waals surface area contributed by atoms with Crippen molar-refractivity contribution in [3.05, 3.63) is 0 Å². The van der Waals surface area contributed by atoms with E-state index in [0.717, 1.165) is 11.3 Å². The number of carbonyl (C=O) groups excluding carboxylic acids is 2. The first-order valence-corrected chi connectivity index (χ1v) is 5.44. The number of hydrogen-bond donors (Lipinski definition) is 1. The number of nitriles is 1. The average Bonchev–Trinajstić information content (AvgIpc) is 2.26. The molecule has 1 aliphatic rings. The van der Waals surface area contributed by atoms with Crippen LogP contribution in [0.1, 0.15) is 26.2 Å². The number of nitrogens with zero attached hydrogens (tertiary/aromatic N) is 2. The quantitative estimate of drug-likeness (QED) is 0.545. The predicted octanol–water partition coefficient (Wildman–Crippen LogP) is 0.464. The molecule has 0 aromatic rings. The molecule has 0 aromatic carbocycles.